The van der Waals surface area contributed by atoms with Gasteiger partial charge in [-0.05, 0) is 36.1 Å². The number of nitrogen functional groups attached to an aromatic ring is 1. The maximum Gasteiger partial charge on any atom is 0.241 e. The molecule has 0 spiro atoms. The molecule has 2 aromatic carbocycles. The summed E-state index contributed by atoms with van der Waals surface area (Å²) >= 11 is 6.32. The van der Waals surface area contributed by atoms with Gasteiger partial charge in [-0.15, -0.1) is 5.10 Å². The number of nitrogens with zero attached hydrogens (tertiary/aromatic N) is 3. The molecule has 0 fully saturated rings. The lowest BCUT2D eigenvalue weighted by Gasteiger charge is -2.32. The van der Waals surface area contributed by atoms with E-state index >= 15 is 0 Å². The highest BCUT2D eigenvalue weighted by molar-refractivity contribution is 6.31. The van der Waals surface area contributed by atoms with Crippen molar-refractivity contribution in [1.29, 1.82) is 0 Å². The summed E-state index contributed by atoms with van der Waals surface area (Å²) < 4.78 is 16.2. The molecule has 134 valence electrons. The number of benzene rings is 2. The summed E-state index contributed by atoms with van der Waals surface area (Å²) in [6.45, 7) is 2.12. The van der Waals surface area contributed by atoms with Crippen LogP contribution in [-0.2, 0) is 6.42 Å². The second-order valence-corrected chi connectivity index (χ2v) is 6.82. The first-order valence-electron chi connectivity index (χ1n) is 8.58. The molecule has 3 N–H and O–H groups in total. The van der Waals surface area contributed by atoms with Gasteiger partial charge in [0.1, 0.15) is 5.82 Å². The molecule has 2 atom stereocenters. The van der Waals surface area contributed by atoms with Crippen molar-refractivity contribution in [3.05, 3.63) is 70.0 Å². The Morgan fingerprint density at radius 3 is 2.73 bits per heavy atom. The van der Waals surface area contributed by atoms with Gasteiger partial charge in [0.25, 0.3) is 0 Å². The van der Waals surface area contributed by atoms with Crippen LogP contribution < -0.4 is 11.1 Å². The molecule has 0 bridgehead atoms. The summed E-state index contributed by atoms with van der Waals surface area (Å²) in [6, 6.07) is 12.7. The number of fused-ring (bicyclic) bond motifs is 1. The smallest absolute Gasteiger partial charge is 0.241 e. The Balaban J connectivity index is 1.78. The molecule has 5 nitrogen and oxygen atoms in total. The van der Waals surface area contributed by atoms with E-state index in [1.54, 1.807) is 16.8 Å². The van der Waals surface area contributed by atoms with Crippen molar-refractivity contribution in [2.45, 2.75) is 31.8 Å². The van der Waals surface area contributed by atoms with Gasteiger partial charge in [0.15, 0.2) is 0 Å². The van der Waals surface area contributed by atoms with Crippen LogP contribution in [0.25, 0.3) is 0 Å². The van der Waals surface area contributed by atoms with Gasteiger partial charge in [-0.25, -0.2) is 9.07 Å². The van der Waals surface area contributed by atoms with E-state index in [0.717, 1.165) is 12.0 Å². The number of aromatic nitrogens is 3. The monoisotopic (exact) mass is 371 g/mol. The summed E-state index contributed by atoms with van der Waals surface area (Å²) in [7, 11) is 0. The quantitative estimate of drug-likeness (QED) is 0.717. The van der Waals surface area contributed by atoms with Gasteiger partial charge in [0, 0.05) is 10.6 Å². The van der Waals surface area contributed by atoms with Gasteiger partial charge in [-0.2, -0.15) is 4.98 Å². The van der Waals surface area contributed by atoms with Crippen molar-refractivity contribution in [1.82, 2.24) is 14.8 Å². The van der Waals surface area contributed by atoms with Gasteiger partial charge in [0.2, 0.25) is 11.9 Å². The maximum atomic E-state index is 14.6. The lowest BCUT2D eigenvalue weighted by molar-refractivity contribution is 0.416. The van der Waals surface area contributed by atoms with Crippen molar-refractivity contribution in [2.75, 3.05) is 11.1 Å². The molecule has 0 aliphatic carbocycles. The Bertz CT molecular complexity index is 917. The average Bonchev–Trinajstić information content (AvgIpc) is 3.02. The van der Waals surface area contributed by atoms with E-state index < -0.39 is 0 Å². The number of anilines is 2. The fraction of sp³-hybridized carbons (Fsp3) is 0.263. The second-order valence-electron chi connectivity index (χ2n) is 6.42. The van der Waals surface area contributed by atoms with Crippen molar-refractivity contribution in [3.8, 4) is 0 Å². The number of halogens is 2. The molecule has 0 saturated heterocycles. The van der Waals surface area contributed by atoms with Crippen molar-refractivity contribution >= 4 is 23.5 Å². The van der Waals surface area contributed by atoms with Crippen LogP contribution in [0.3, 0.4) is 0 Å². The second kappa shape index (κ2) is 6.61. The molecule has 0 saturated carbocycles. The van der Waals surface area contributed by atoms with Crippen LogP contribution in [0.1, 0.15) is 42.1 Å². The van der Waals surface area contributed by atoms with Gasteiger partial charge in [0.05, 0.1) is 12.1 Å². The SMILES string of the molecule is CCc1ccc(C2CC(c3c(F)cccc3Cl)n3nc(N)nc3N2)cc1. The first-order valence-corrected chi connectivity index (χ1v) is 8.96. The highest BCUT2D eigenvalue weighted by Crippen LogP contribution is 2.41. The Kier molecular flexibility index (Phi) is 4.28. The van der Waals surface area contributed by atoms with Crippen molar-refractivity contribution in [2.24, 2.45) is 0 Å². The molecule has 2 heterocycles. The molecule has 3 aromatic rings. The van der Waals surface area contributed by atoms with Crippen LogP contribution in [-0.4, -0.2) is 14.8 Å². The fourth-order valence-corrected chi connectivity index (χ4v) is 3.76. The zero-order valence-corrected chi connectivity index (χ0v) is 15.0. The van der Waals surface area contributed by atoms with E-state index in [-0.39, 0.29) is 23.8 Å². The van der Waals surface area contributed by atoms with E-state index in [9.17, 15) is 4.39 Å². The van der Waals surface area contributed by atoms with Crippen LogP contribution in [0, 0.1) is 5.82 Å². The normalized spacial score (nSPS) is 19.0. The Morgan fingerprint density at radius 2 is 2.04 bits per heavy atom. The lowest BCUT2D eigenvalue weighted by atomic mass is 9.92. The first-order chi connectivity index (χ1) is 12.6. The fourth-order valence-electron chi connectivity index (χ4n) is 3.47. The number of hydrogen-bond acceptors (Lipinski definition) is 4. The van der Waals surface area contributed by atoms with Crippen LogP contribution in [0.5, 0.6) is 0 Å². The third kappa shape index (κ3) is 2.90. The third-order valence-corrected chi connectivity index (χ3v) is 5.16. The summed E-state index contributed by atoms with van der Waals surface area (Å²) in [5.41, 5.74) is 8.57. The molecule has 4 rings (SSSR count). The Labute approximate surface area is 156 Å². The summed E-state index contributed by atoms with van der Waals surface area (Å²) in [5, 5.41) is 7.97. The summed E-state index contributed by atoms with van der Waals surface area (Å²) in [4.78, 5) is 4.25. The number of rotatable bonds is 3. The van der Waals surface area contributed by atoms with Gasteiger partial charge in [-0.1, -0.05) is 48.9 Å². The van der Waals surface area contributed by atoms with Crippen LogP contribution in [0.4, 0.5) is 16.3 Å². The average molecular weight is 372 g/mol. The lowest BCUT2D eigenvalue weighted by Crippen LogP contribution is -2.28. The molecular weight excluding hydrogens is 353 g/mol. The molecule has 0 amide bonds. The first kappa shape index (κ1) is 16.8. The van der Waals surface area contributed by atoms with Gasteiger partial charge < -0.3 is 11.1 Å². The predicted molar refractivity (Wildman–Crippen MR) is 101 cm³/mol. The van der Waals surface area contributed by atoms with E-state index in [4.69, 9.17) is 17.3 Å². The van der Waals surface area contributed by atoms with Gasteiger partial charge >= 0.3 is 0 Å². The zero-order chi connectivity index (χ0) is 18.3. The molecule has 7 heteroatoms. The molecule has 1 aliphatic rings. The van der Waals surface area contributed by atoms with Crippen molar-refractivity contribution in [3.63, 3.8) is 0 Å². The maximum absolute atomic E-state index is 14.6. The largest absolute Gasteiger partial charge is 0.366 e. The highest BCUT2D eigenvalue weighted by Gasteiger charge is 2.33. The number of nitrogens with one attached hydrogen (secondary N) is 1. The Morgan fingerprint density at radius 1 is 1.27 bits per heavy atom. The minimum Gasteiger partial charge on any atom is -0.366 e. The molecule has 26 heavy (non-hydrogen) atoms. The van der Waals surface area contributed by atoms with E-state index in [1.807, 2.05) is 0 Å². The molecule has 0 radical (unpaired) electrons. The van der Waals surface area contributed by atoms with Crippen LogP contribution in [0.2, 0.25) is 5.02 Å². The number of hydrogen-bond donors (Lipinski definition) is 2. The predicted octanol–water partition coefficient (Wildman–Crippen LogP) is 4.36. The van der Waals surface area contributed by atoms with Gasteiger partial charge in [-0.3, -0.25) is 0 Å². The van der Waals surface area contributed by atoms with E-state index in [0.29, 0.717) is 23.0 Å². The minimum atomic E-state index is -0.388. The minimum absolute atomic E-state index is 0.0438. The topological polar surface area (TPSA) is 68.8 Å². The molecule has 2 unspecified atom stereocenters. The highest BCUT2D eigenvalue weighted by atomic mass is 35.5. The standard InChI is InChI=1S/C19H19ClFN5/c1-2-11-6-8-12(9-7-11)15-10-16(17-13(20)4-3-5-14(17)21)26-19(23-15)24-18(22)25-26/h3-9,15-16H,2,10H2,1H3,(H3,22,23,24,25). The summed E-state index contributed by atoms with van der Waals surface area (Å²) in [6.07, 6.45) is 1.57. The Hall–Kier alpha value is -2.60. The number of aryl methyl sites for hydroxylation is 1. The third-order valence-electron chi connectivity index (χ3n) is 4.83. The van der Waals surface area contributed by atoms with E-state index in [1.165, 1.54) is 11.6 Å². The van der Waals surface area contributed by atoms with Crippen LogP contribution >= 0.6 is 11.6 Å². The molecule has 1 aromatic heterocycles. The molecule has 1 aliphatic heterocycles. The van der Waals surface area contributed by atoms with Crippen LogP contribution in [0.15, 0.2) is 42.5 Å². The number of nitrogens with two attached hydrogens (primary N) is 1. The van der Waals surface area contributed by atoms with E-state index in [2.05, 4.69) is 46.6 Å². The van der Waals surface area contributed by atoms with Crippen molar-refractivity contribution < 1.29 is 4.39 Å². The zero-order valence-electron chi connectivity index (χ0n) is 14.3. The summed E-state index contributed by atoms with van der Waals surface area (Å²) in [5.74, 6) is 0.305. The molecular formula is C19H19ClFN5.